The second-order valence-electron chi connectivity index (χ2n) is 13.3. The van der Waals surface area contributed by atoms with E-state index in [4.69, 9.17) is 9.47 Å². The molecule has 1 saturated heterocycles. The van der Waals surface area contributed by atoms with Crippen LogP contribution in [0.3, 0.4) is 0 Å². The highest BCUT2D eigenvalue weighted by Gasteiger charge is 2.82. The zero-order valence-electron chi connectivity index (χ0n) is 20.7. The molecular formula is C29H39NO4. The van der Waals surface area contributed by atoms with Crippen LogP contribution in [0.25, 0.3) is 0 Å². The number of likely N-dealkylation sites (tertiary alicyclic amines) is 1. The number of ether oxygens (including phenoxy) is 2. The van der Waals surface area contributed by atoms with Crippen molar-refractivity contribution in [2.45, 2.75) is 99.9 Å². The topological polar surface area (TPSA) is 62.2 Å². The minimum atomic E-state index is -0.751. The first-order valence-electron chi connectivity index (χ1n) is 13.9. The molecule has 8 aliphatic rings. The van der Waals surface area contributed by atoms with Gasteiger partial charge in [0.2, 0.25) is 0 Å². The first kappa shape index (κ1) is 20.8. The molecule has 184 valence electrons. The summed E-state index contributed by atoms with van der Waals surface area (Å²) in [6.45, 7) is 4.45. The van der Waals surface area contributed by atoms with E-state index in [1.54, 1.807) is 0 Å². The van der Waals surface area contributed by atoms with Gasteiger partial charge in [-0.2, -0.15) is 0 Å². The Labute approximate surface area is 202 Å². The average molecular weight is 466 g/mol. The SMILES string of the molecule is CO[C@]12CC[C@@]3(C[C@@H]1[C@](C)(O)C1CCC1)[C@H]1Cc4ccc(O)c5c4[C@@]3(CCN1CC1CC1)[C@H]2O5. The summed E-state index contributed by atoms with van der Waals surface area (Å²) < 4.78 is 13.5. The fraction of sp³-hybridized carbons (Fsp3) is 0.793. The van der Waals surface area contributed by atoms with E-state index < -0.39 is 11.2 Å². The van der Waals surface area contributed by atoms with Crippen LogP contribution < -0.4 is 4.74 Å². The summed E-state index contributed by atoms with van der Waals surface area (Å²) in [4.78, 5) is 2.84. The van der Waals surface area contributed by atoms with Crippen LogP contribution in [0.2, 0.25) is 0 Å². The minimum Gasteiger partial charge on any atom is -0.504 e. The van der Waals surface area contributed by atoms with Crippen molar-refractivity contribution < 1.29 is 19.7 Å². The second kappa shape index (κ2) is 6.33. The van der Waals surface area contributed by atoms with Gasteiger partial charge < -0.3 is 19.7 Å². The van der Waals surface area contributed by atoms with E-state index in [0.717, 1.165) is 63.2 Å². The van der Waals surface area contributed by atoms with Crippen molar-refractivity contribution in [1.29, 1.82) is 0 Å². The van der Waals surface area contributed by atoms with Gasteiger partial charge in [0.15, 0.2) is 11.5 Å². The number of nitrogens with zero attached hydrogens (tertiary/aromatic N) is 1. The normalized spacial score (nSPS) is 45.9. The molecule has 4 bridgehead atoms. The number of methoxy groups -OCH3 is 1. The number of hydrogen-bond donors (Lipinski definition) is 2. The summed E-state index contributed by atoms with van der Waals surface area (Å²) in [6.07, 6.45) is 11.3. The van der Waals surface area contributed by atoms with Crippen molar-refractivity contribution in [2.75, 3.05) is 20.2 Å². The van der Waals surface area contributed by atoms with Gasteiger partial charge >= 0.3 is 0 Å². The lowest BCUT2D eigenvalue weighted by Crippen LogP contribution is -2.83. The molecule has 2 spiro atoms. The zero-order chi connectivity index (χ0) is 23.1. The van der Waals surface area contributed by atoms with Crippen molar-refractivity contribution in [3.8, 4) is 11.5 Å². The largest absolute Gasteiger partial charge is 0.504 e. The van der Waals surface area contributed by atoms with E-state index in [9.17, 15) is 10.2 Å². The maximum Gasteiger partial charge on any atom is 0.165 e. The molecule has 7 atom stereocenters. The van der Waals surface area contributed by atoms with Crippen molar-refractivity contribution in [1.82, 2.24) is 4.90 Å². The van der Waals surface area contributed by atoms with Crippen LogP contribution in [0, 0.1) is 23.2 Å². The summed E-state index contributed by atoms with van der Waals surface area (Å²) in [5.74, 6) is 2.30. The van der Waals surface area contributed by atoms with Gasteiger partial charge in [-0.1, -0.05) is 12.5 Å². The Balaban J connectivity index is 1.35. The average Bonchev–Trinajstić information content (AvgIpc) is 3.52. The van der Waals surface area contributed by atoms with Gasteiger partial charge in [-0.25, -0.2) is 0 Å². The first-order chi connectivity index (χ1) is 16.4. The molecule has 5 heteroatoms. The Kier molecular flexibility index (Phi) is 3.88. The number of benzene rings is 1. The fourth-order valence-electron chi connectivity index (χ4n) is 10.4. The van der Waals surface area contributed by atoms with Gasteiger partial charge in [0.1, 0.15) is 11.7 Å². The number of aromatic hydroxyl groups is 1. The maximum atomic E-state index is 12.2. The maximum absolute atomic E-state index is 12.2. The molecule has 0 unspecified atom stereocenters. The molecule has 5 saturated carbocycles. The molecule has 2 aliphatic heterocycles. The fourth-order valence-corrected chi connectivity index (χ4v) is 10.4. The summed E-state index contributed by atoms with van der Waals surface area (Å²) in [6, 6.07) is 4.52. The van der Waals surface area contributed by atoms with Crippen molar-refractivity contribution in [3.63, 3.8) is 0 Å². The number of phenolic OH excluding ortho intramolecular Hbond substituents is 1. The highest BCUT2D eigenvalue weighted by atomic mass is 16.6. The van der Waals surface area contributed by atoms with Crippen LogP contribution in [0.15, 0.2) is 12.1 Å². The van der Waals surface area contributed by atoms with E-state index in [2.05, 4.69) is 17.9 Å². The standard InChI is InChI=1S/C29H39NO4/c1-26(32,19-4-3-5-19)21-15-27-10-11-29(21,33-2)25-28(27)12-13-30(16-17-6-7-17)22(27)14-18-8-9-20(31)24(34-25)23(18)28/h8-9,17,19,21-22,25,31-32H,3-7,10-16H2,1-2H3/t21-,22-,25-,26-,27-,28+,29-/m1/s1. The summed E-state index contributed by atoms with van der Waals surface area (Å²) in [5.41, 5.74) is 1.40. The van der Waals surface area contributed by atoms with Crippen LogP contribution in [-0.2, 0) is 16.6 Å². The lowest BCUT2D eigenvalue weighted by atomic mass is 9.33. The predicted octanol–water partition coefficient (Wildman–Crippen LogP) is 4.17. The molecule has 9 rings (SSSR count). The number of rotatable bonds is 5. The molecule has 0 radical (unpaired) electrons. The quantitative estimate of drug-likeness (QED) is 0.684. The Morgan fingerprint density at radius 1 is 1.18 bits per heavy atom. The van der Waals surface area contributed by atoms with Crippen LogP contribution >= 0.6 is 0 Å². The summed E-state index contributed by atoms with van der Waals surface area (Å²) in [5, 5.41) is 23.1. The Bertz CT molecular complexity index is 1060. The molecule has 1 aromatic carbocycles. The van der Waals surface area contributed by atoms with Crippen LogP contribution in [-0.4, -0.2) is 58.7 Å². The molecule has 34 heavy (non-hydrogen) atoms. The van der Waals surface area contributed by atoms with E-state index in [-0.39, 0.29) is 28.6 Å². The van der Waals surface area contributed by atoms with Crippen molar-refractivity contribution in [3.05, 3.63) is 23.3 Å². The predicted molar refractivity (Wildman–Crippen MR) is 128 cm³/mol. The monoisotopic (exact) mass is 465 g/mol. The zero-order valence-corrected chi connectivity index (χ0v) is 20.7. The van der Waals surface area contributed by atoms with Crippen LogP contribution in [0.1, 0.15) is 75.8 Å². The number of aliphatic hydroxyl groups is 1. The highest BCUT2D eigenvalue weighted by molar-refractivity contribution is 5.63. The van der Waals surface area contributed by atoms with E-state index >= 15 is 0 Å². The highest BCUT2D eigenvalue weighted by Crippen LogP contribution is 2.78. The lowest BCUT2D eigenvalue weighted by Gasteiger charge is -2.75. The number of phenols is 1. The number of hydrogen-bond acceptors (Lipinski definition) is 5. The Morgan fingerprint density at radius 3 is 2.71 bits per heavy atom. The third-order valence-corrected chi connectivity index (χ3v) is 12.3. The second-order valence-corrected chi connectivity index (χ2v) is 13.3. The van der Waals surface area contributed by atoms with Crippen molar-refractivity contribution >= 4 is 0 Å². The third-order valence-electron chi connectivity index (χ3n) is 12.3. The Hall–Kier alpha value is -1.30. The summed E-state index contributed by atoms with van der Waals surface area (Å²) in [7, 11) is 1.86. The van der Waals surface area contributed by atoms with Crippen molar-refractivity contribution in [2.24, 2.45) is 23.2 Å². The molecule has 1 aromatic rings. The van der Waals surface area contributed by atoms with Gasteiger partial charge in [-0.05, 0) is 94.7 Å². The van der Waals surface area contributed by atoms with E-state index in [1.165, 1.54) is 36.9 Å². The van der Waals surface area contributed by atoms with Gasteiger partial charge in [0.25, 0.3) is 0 Å². The van der Waals surface area contributed by atoms with Gasteiger partial charge in [-0.3, -0.25) is 4.90 Å². The number of fused-ring (bicyclic) bond motifs is 2. The Morgan fingerprint density at radius 2 is 2.00 bits per heavy atom. The molecule has 0 aromatic heterocycles. The van der Waals surface area contributed by atoms with E-state index in [0.29, 0.717) is 12.0 Å². The van der Waals surface area contributed by atoms with Crippen LogP contribution in [0.4, 0.5) is 0 Å². The number of piperidine rings is 1. The minimum absolute atomic E-state index is 0.0588. The van der Waals surface area contributed by atoms with Gasteiger partial charge in [0, 0.05) is 42.0 Å². The first-order valence-corrected chi connectivity index (χ1v) is 13.9. The van der Waals surface area contributed by atoms with Crippen LogP contribution in [0.5, 0.6) is 11.5 Å². The molecule has 0 amide bonds. The third kappa shape index (κ3) is 2.13. The molecule has 6 fully saturated rings. The molecular weight excluding hydrogens is 426 g/mol. The summed E-state index contributed by atoms with van der Waals surface area (Å²) >= 11 is 0. The lowest BCUT2D eigenvalue weighted by molar-refractivity contribution is -0.310. The molecule has 6 aliphatic carbocycles. The molecule has 5 nitrogen and oxygen atoms in total. The molecule has 2 heterocycles. The van der Waals surface area contributed by atoms with Gasteiger partial charge in [-0.15, -0.1) is 0 Å². The molecule has 2 N–H and O–H groups in total. The van der Waals surface area contributed by atoms with Gasteiger partial charge in [0.05, 0.1) is 5.60 Å². The smallest absolute Gasteiger partial charge is 0.165 e. The van der Waals surface area contributed by atoms with E-state index in [1.807, 2.05) is 13.2 Å².